The zero-order valence-corrected chi connectivity index (χ0v) is 17.3. The highest BCUT2D eigenvalue weighted by Crippen LogP contribution is 2.19. The first-order chi connectivity index (χ1) is 15.1. The van der Waals surface area contributed by atoms with Crippen LogP contribution in [-0.2, 0) is 6.42 Å². The summed E-state index contributed by atoms with van der Waals surface area (Å²) >= 11 is 0. The molecule has 0 aliphatic carbocycles. The van der Waals surface area contributed by atoms with Crippen LogP contribution in [0.3, 0.4) is 0 Å². The molecule has 1 aliphatic rings. The number of piperazine rings is 1. The fourth-order valence-electron chi connectivity index (χ4n) is 3.46. The normalized spacial score (nSPS) is 14.7. The van der Waals surface area contributed by atoms with Gasteiger partial charge < -0.3 is 24.0 Å². The third kappa shape index (κ3) is 4.93. The van der Waals surface area contributed by atoms with E-state index in [-0.39, 0.29) is 11.7 Å². The molecule has 1 amide bonds. The maximum atomic E-state index is 13.1. The Balaban J connectivity index is 1.25. The number of aromatic nitrogens is 1. The van der Waals surface area contributed by atoms with Crippen LogP contribution in [0.25, 0.3) is 11.5 Å². The summed E-state index contributed by atoms with van der Waals surface area (Å²) in [6.07, 6.45) is 3.77. The van der Waals surface area contributed by atoms with Crippen molar-refractivity contribution in [3.63, 3.8) is 0 Å². The summed E-state index contributed by atoms with van der Waals surface area (Å²) in [7, 11) is 1.74. The third-order valence-electron chi connectivity index (χ3n) is 5.12. The zero-order valence-electron chi connectivity index (χ0n) is 17.3. The lowest BCUT2D eigenvalue weighted by atomic mass is 10.2. The van der Waals surface area contributed by atoms with Crippen molar-refractivity contribution in [2.24, 2.45) is 4.99 Å². The predicted molar refractivity (Wildman–Crippen MR) is 113 cm³/mol. The number of nitrogens with zero attached hydrogens (tertiary/aromatic N) is 4. The lowest BCUT2D eigenvalue weighted by Gasteiger charge is -2.36. The van der Waals surface area contributed by atoms with Gasteiger partial charge in [-0.25, -0.2) is 9.37 Å². The Labute approximate surface area is 179 Å². The van der Waals surface area contributed by atoms with Crippen LogP contribution < -0.4 is 5.32 Å². The van der Waals surface area contributed by atoms with Crippen LogP contribution >= 0.6 is 0 Å². The lowest BCUT2D eigenvalue weighted by Crippen LogP contribution is -2.54. The minimum absolute atomic E-state index is 0.0874. The van der Waals surface area contributed by atoms with Gasteiger partial charge in [-0.2, -0.15) is 0 Å². The highest BCUT2D eigenvalue weighted by Gasteiger charge is 2.25. The fourth-order valence-corrected chi connectivity index (χ4v) is 3.46. The average molecular weight is 425 g/mol. The molecule has 1 saturated heterocycles. The Morgan fingerprint density at radius 3 is 2.55 bits per heavy atom. The summed E-state index contributed by atoms with van der Waals surface area (Å²) in [6, 6.07) is 9.44. The molecule has 31 heavy (non-hydrogen) atoms. The highest BCUT2D eigenvalue weighted by molar-refractivity contribution is 5.91. The van der Waals surface area contributed by atoms with Crippen molar-refractivity contribution in [1.82, 2.24) is 20.1 Å². The largest absolute Gasteiger partial charge is 0.459 e. The van der Waals surface area contributed by atoms with Gasteiger partial charge in [0.25, 0.3) is 5.91 Å². The summed E-state index contributed by atoms with van der Waals surface area (Å²) < 4.78 is 23.8. The number of furan rings is 1. The van der Waals surface area contributed by atoms with Crippen molar-refractivity contribution in [2.45, 2.75) is 6.42 Å². The first-order valence-electron chi connectivity index (χ1n) is 10.1. The standard InChI is InChI=1S/C22H24FN5O3/c1-24-22(28-12-10-27(11-13-28)21(29)19-3-2-14-30-19)25-9-8-18-15-31-20(26-18)16-4-6-17(23)7-5-16/h2-7,14-15H,8-13H2,1H3,(H,24,25). The topological polar surface area (TPSA) is 87.1 Å². The first kappa shape index (κ1) is 20.6. The second-order valence-electron chi connectivity index (χ2n) is 7.13. The second kappa shape index (κ2) is 9.46. The van der Waals surface area contributed by atoms with Gasteiger partial charge in [0.15, 0.2) is 11.7 Å². The molecule has 0 atom stereocenters. The quantitative estimate of drug-likeness (QED) is 0.500. The van der Waals surface area contributed by atoms with Crippen LogP contribution in [0.2, 0.25) is 0 Å². The van der Waals surface area contributed by atoms with Crippen LogP contribution in [0.5, 0.6) is 0 Å². The van der Waals surface area contributed by atoms with Crippen molar-refractivity contribution < 1.29 is 18.0 Å². The minimum atomic E-state index is -0.294. The number of aliphatic imine (C=N–C) groups is 1. The summed E-state index contributed by atoms with van der Waals surface area (Å²) in [5.41, 5.74) is 1.54. The van der Waals surface area contributed by atoms with Gasteiger partial charge in [-0.1, -0.05) is 0 Å². The predicted octanol–water partition coefficient (Wildman–Crippen LogP) is 2.65. The van der Waals surface area contributed by atoms with Gasteiger partial charge in [-0.05, 0) is 36.4 Å². The molecule has 3 aromatic rings. The van der Waals surface area contributed by atoms with E-state index in [2.05, 4.69) is 20.2 Å². The number of benzene rings is 1. The first-order valence-corrected chi connectivity index (χ1v) is 10.1. The van der Waals surface area contributed by atoms with Gasteiger partial charge in [0.05, 0.1) is 12.0 Å². The maximum absolute atomic E-state index is 13.1. The van der Waals surface area contributed by atoms with Gasteiger partial charge >= 0.3 is 0 Å². The van der Waals surface area contributed by atoms with Crippen molar-refractivity contribution in [1.29, 1.82) is 0 Å². The van der Waals surface area contributed by atoms with E-state index in [0.717, 1.165) is 17.2 Å². The van der Waals surface area contributed by atoms with E-state index in [0.29, 0.717) is 50.8 Å². The van der Waals surface area contributed by atoms with E-state index in [1.807, 2.05) is 0 Å². The average Bonchev–Trinajstić information content (AvgIpc) is 3.50. The van der Waals surface area contributed by atoms with Gasteiger partial charge in [0.2, 0.25) is 5.89 Å². The monoisotopic (exact) mass is 425 g/mol. The second-order valence-corrected chi connectivity index (χ2v) is 7.13. The Bertz CT molecular complexity index is 1020. The van der Waals surface area contributed by atoms with Crippen LogP contribution in [0.1, 0.15) is 16.2 Å². The van der Waals surface area contributed by atoms with Gasteiger partial charge in [0, 0.05) is 51.8 Å². The van der Waals surface area contributed by atoms with Gasteiger partial charge in [-0.3, -0.25) is 9.79 Å². The van der Waals surface area contributed by atoms with Crippen LogP contribution in [0.4, 0.5) is 4.39 Å². The Morgan fingerprint density at radius 2 is 1.87 bits per heavy atom. The number of carbonyl (C=O) groups excluding carboxylic acids is 1. The minimum Gasteiger partial charge on any atom is -0.459 e. The fraction of sp³-hybridized carbons (Fsp3) is 0.318. The van der Waals surface area contributed by atoms with E-state index >= 15 is 0 Å². The van der Waals surface area contributed by atoms with Crippen molar-refractivity contribution in [3.05, 3.63) is 66.2 Å². The number of amides is 1. The SMILES string of the molecule is CN=C(NCCc1coc(-c2ccc(F)cc2)n1)N1CCN(C(=O)c2ccco2)CC1. The molecule has 3 heterocycles. The Morgan fingerprint density at radius 1 is 1.13 bits per heavy atom. The number of nitrogens with one attached hydrogen (secondary N) is 1. The third-order valence-corrected chi connectivity index (χ3v) is 5.12. The molecule has 1 N–H and O–H groups in total. The van der Waals surface area contributed by atoms with Crippen molar-refractivity contribution in [3.8, 4) is 11.5 Å². The molecule has 4 rings (SSSR count). The number of rotatable bonds is 5. The molecule has 8 nitrogen and oxygen atoms in total. The molecule has 0 radical (unpaired) electrons. The molecule has 2 aromatic heterocycles. The summed E-state index contributed by atoms with van der Waals surface area (Å²) in [5.74, 6) is 1.24. The van der Waals surface area contributed by atoms with E-state index in [1.165, 1.54) is 18.4 Å². The van der Waals surface area contributed by atoms with E-state index < -0.39 is 0 Å². The Hall–Kier alpha value is -3.62. The highest BCUT2D eigenvalue weighted by atomic mass is 19.1. The number of halogens is 1. The molecule has 1 aromatic carbocycles. The lowest BCUT2D eigenvalue weighted by molar-refractivity contribution is 0.0658. The zero-order chi connectivity index (χ0) is 21.6. The van der Waals surface area contributed by atoms with E-state index in [9.17, 15) is 9.18 Å². The number of guanidine groups is 1. The van der Waals surface area contributed by atoms with E-state index in [4.69, 9.17) is 8.83 Å². The molecule has 0 unspecified atom stereocenters. The van der Waals surface area contributed by atoms with Crippen LogP contribution in [0, 0.1) is 5.82 Å². The number of hydrogen-bond donors (Lipinski definition) is 1. The smallest absolute Gasteiger partial charge is 0.289 e. The van der Waals surface area contributed by atoms with Crippen LogP contribution in [0.15, 0.2) is 62.8 Å². The molecule has 9 heteroatoms. The molecule has 1 aliphatic heterocycles. The number of oxazole rings is 1. The molecule has 0 saturated carbocycles. The van der Waals surface area contributed by atoms with Gasteiger partial charge in [-0.15, -0.1) is 0 Å². The summed E-state index contributed by atoms with van der Waals surface area (Å²) in [6.45, 7) is 3.21. The summed E-state index contributed by atoms with van der Waals surface area (Å²) in [5, 5.41) is 3.34. The number of carbonyl (C=O) groups is 1. The van der Waals surface area contributed by atoms with Crippen molar-refractivity contribution in [2.75, 3.05) is 39.8 Å². The van der Waals surface area contributed by atoms with Gasteiger partial charge in [0.1, 0.15) is 12.1 Å². The molecular formula is C22H24FN5O3. The molecule has 0 spiro atoms. The maximum Gasteiger partial charge on any atom is 0.289 e. The molecule has 0 bridgehead atoms. The van der Waals surface area contributed by atoms with Crippen LogP contribution in [-0.4, -0.2) is 66.4 Å². The number of hydrogen-bond acceptors (Lipinski definition) is 5. The Kier molecular flexibility index (Phi) is 6.30. The van der Waals surface area contributed by atoms with Crippen molar-refractivity contribution >= 4 is 11.9 Å². The van der Waals surface area contributed by atoms with E-state index in [1.54, 1.807) is 42.5 Å². The molecule has 1 fully saturated rings. The summed E-state index contributed by atoms with van der Waals surface area (Å²) in [4.78, 5) is 25.1. The molecule has 162 valence electrons. The molecular weight excluding hydrogens is 401 g/mol.